The minimum absolute atomic E-state index is 0.221. The Kier molecular flexibility index (Phi) is 7.00. The van der Waals surface area contributed by atoms with E-state index in [1.165, 1.54) is 0 Å². The Bertz CT molecular complexity index is 637. The van der Waals surface area contributed by atoms with Gasteiger partial charge in [-0.3, -0.25) is 4.79 Å². The quantitative estimate of drug-likeness (QED) is 0.669. The summed E-state index contributed by atoms with van der Waals surface area (Å²) in [5, 5.41) is -0.363. The number of carbonyl (C=O) groups excluding carboxylic acids is 1. The van der Waals surface area contributed by atoms with E-state index >= 15 is 0 Å². The Hall–Kier alpha value is -2.14. The van der Waals surface area contributed by atoms with Crippen molar-refractivity contribution in [3.05, 3.63) is 59.7 Å². The third-order valence-electron chi connectivity index (χ3n) is 3.49. The summed E-state index contributed by atoms with van der Waals surface area (Å²) in [6.07, 6.45) is 0. The van der Waals surface area contributed by atoms with E-state index in [4.69, 9.17) is 14.2 Å². The van der Waals surface area contributed by atoms with Gasteiger partial charge in [-0.2, -0.15) is 0 Å². The maximum absolute atomic E-state index is 12.3. The maximum Gasteiger partial charge on any atom is 0.323 e. The number of hydrogen-bond donors (Lipinski definition) is 0. The van der Waals surface area contributed by atoms with Gasteiger partial charge in [0.05, 0.1) is 20.8 Å². The number of rotatable bonds is 8. The SMILES string of the molecule is CCOC(=O)C(SCc1ccc(OC)cc1)c1ccc(OC)cc1. The predicted octanol–water partition coefficient (Wildman–Crippen LogP) is 4.24. The highest BCUT2D eigenvalue weighted by molar-refractivity contribution is 7.99. The van der Waals surface area contributed by atoms with Crippen LogP contribution in [0.1, 0.15) is 23.3 Å². The van der Waals surface area contributed by atoms with E-state index in [1.54, 1.807) is 26.0 Å². The topological polar surface area (TPSA) is 44.8 Å². The Morgan fingerprint density at radius 2 is 1.50 bits per heavy atom. The molecule has 0 fully saturated rings. The summed E-state index contributed by atoms with van der Waals surface area (Å²) in [7, 11) is 3.26. The van der Waals surface area contributed by atoms with E-state index in [2.05, 4.69) is 0 Å². The van der Waals surface area contributed by atoms with E-state index in [9.17, 15) is 4.79 Å². The molecule has 0 aromatic heterocycles. The van der Waals surface area contributed by atoms with E-state index < -0.39 is 0 Å². The van der Waals surface area contributed by atoms with Crippen LogP contribution in [0.4, 0.5) is 0 Å². The van der Waals surface area contributed by atoms with Gasteiger partial charge in [-0.15, -0.1) is 11.8 Å². The first-order valence-electron chi connectivity index (χ1n) is 7.73. The monoisotopic (exact) mass is 346 g/mol. The Labute approximate surface area is 147 Å². The molecule has 4 nitrogen and oxygen atoms in total. The van der Waals surface area contributed by atoms with Crippen LogP contribution in [0, 0.1) is 0 Å². The standard InChI is InChI=1S/C19H22O4S/c1-4-23-19(20)18(15-7-11-17(22-3)12-8-15)24-13-14-5-9-16(21-2)10-6-14/h5-12,18H,4,13H2,1-3H3. The van der Waals surface area contributed by atoms with Crippen LogP contribution in [0.5, 0.6) is 11.5 Å². The minimum atomic E-state index is -0.363. The molecule has 0 saturated carbocycles. The molecule has 1 unspecified atom stereocenters. The number of benzene rings is 2. The van der Waals surface area contributed by atoms with Crippen molar-refractivity contribution < 1.29 is 19.0 Å². The number of thioether (sulfide) groups is 1. The van der Waals surface area contributed by atoms with Crippen LogP contribution in [0.2, 0.25) is 0 Å². The van der Waals surface area contributed by atoms with Gasteiger partial charge in [0.15, 0.2) is 0 Å². The van der Waals surface area contributed by atoms with Gasteiger partial charge < -0.3 is 14.2 Å². The van der Waals surface area contributed by atoms with Crippen LogP contribution < -0.4 is 9.47 Å². The van der Waals surface area contributed by atoms with Gasteiger partial charge in [0.2, 0.25) is 0 Å². The molecule has 0 aliphatic rings. The van der Waals surface area contributed by atoms with Crippen LogP contribution in [0.25, 0.3) is 0 Å². The molecule has 0 amide bonds. The van der Waals surface area contributed by atoms with Gasteiger partial charge in [0, 0.05) is 5.75 Å². The highest BCUT2D eigenvalue weighted by atomic mass is 32.2. The first-order chi connectivity index (χ1) is 11.7. The van der Waals surface area contributed by atoms with Crippen molar-refractivity contribution in [2.75, 3.05) is 20.8 Å². The molecular weight excluding hydrogens is 324 g/mol. The number of ether oxygens (including phenoxy) is 3. The second-order valence-electron chi connectivity index (χ2n) is 5.06. The van der Waals surface area contributed by atoms with E-state index in [0.717, 1.165) is 22.6 Å². The average molecular weight is 346 g/mol. The highest BCUT2D eigenvalue weighted by Gasteiger charge is 2.22. The van der Waals surface area contributed by atoms with Crippen LogP contribution in [-0.4, -0.2) is 26.8 Å². The third-order valence-corrected chi connectivity index (χ3v) is 4.79. The molecular formula is C19H22O4S. The fraction of sp³-hybridized carbons (Fsp3) is 0.316. The van der Waals surface area contributed by atoms with Crippen molar-refractivity contribution in [3.63, 3.8) is 0 Å². The zero-order valence-corrected chi connectivity index (χ0v) is 15.0. The second kappa shape index (κ2) is 9.23. The number of carbonyl (C=O) groups is 1. The molecule has 0 aliphatic carbocycles. The molecule has 24 heavy (non-hydrogen) atoms. The summed E-state index contributed by atoms with van der Waals surface area (Å²) in [6, 6.07) is 15.4. The first-order valence-corrected chi connectivity index (χ1v) is 8.78. The lowest BCUT2D eigenvalue weighted by Crippen LogP contribution is -2.13. The van der Waals surface area contributed by atoms with Crippen molar-refractivity contribution >= 4 is 17.7 Å². The maximum atomic E-state index is 12.3. The summed E-state index contributed by atoms with van der Waals surface area (Å²) in [4.78, 5) is 12.3. The van der Waals surface area contributed by atoms with Crippen molar-refractivity contribution in [3.8, 4) is 11.5 Å². The van der Waals surface area contributed by atoms with Gasteiger partial charge in [-0.1, -0.05) is 24.3 Å². The second-order valence-corrected chi connectivity index (χ2v) is 6.16. The van der Waals surface area contributed by atoms with Crippen LogP contribution in [0.15, 0.2) is 48.5 Å². The zero-order valence-electron chi connectivity index (χ0n) is 14.2. The summed E-state index contributed by atoms with van der Waals surface area (Å²) in [6.45, 7) is 2.19. The minimum Gasteiger partial charge on any atom is -0.497 e. The number of esters is 1. The summed E-state index contributed by atoms with van der Waals surface area (Å²) < 4.78 is 15.6. The predicted molar refractivity (Wildman–Crippen MR) is 96.7 cm³/mol. The van der Waals surface area contributed by atoms with Crippen molar-refractivity contribution in [1.29, 1.82) is 0 Å². The molecule has 0 N–H and O–H groups in total. The highest BCUT2D eigenvalue weighted by Crippen LogP contribution is 2.34. The van der Waals surface area contributed by atoms with Gasteiger partial charge in [0.1, 0.15) is 16.7 Å². The molecule has 5 heteroatoms. The molecule has 2 rings (SSSR count). The molecule has 0 radical (unpaired) electrons. The fourth-order valence-electron chi connectivity index (χ4n) is 2.20. The Morgan fingerprint density at radius 1 is 0.958 bits per heavy atom. The molecule has 2 aromatic carbocycles. The summed E-state index contributed by atoms with van der Waals surface area (Å²) in [5.74, 6) is 2.07. The number of hydrogen-bond acceptors (Lipinski definition) is 5. The molecule has 1 atom stereocenters. The molecule has 0 spiro atoms. The van der Waals surface area contributed by atoms with E-state index in [0.29, 0.717) is 12.4 Å². The largest absolute Gasteiger partial charge is 0.497 e. The van der Waals surface area contributed by atoms with E-state index in [-0.39, 0.29) is 11.2 Å². The lowest BCUT2D eigenvalue weighted by atomic mass is 10.1. The van der Waals surface area contributed by atoms with Crippen LogP contribution in [-0.2, 0) is 15.3 Å². The van der Waals surface area contributed by atoms with Crippen LogP contribution >= 0.6 is 11.8 Å². The molecule has 0 bridgehead atoms. The lowest BCUT2D eigenvalue weighted by molar-refractivity contribution is -0.142. The van der Waals surface area contributed by atoms with Gasteiger partial charge in [-0.05, 0) is 42.3 Å². The molecule has 2 aromatic rings. The Morgan fingerprint density at radius 3 is 2.00 bits per heavy atom. The molecule has 0 heterocycles. The van der Waals surface area contributed by atoms with Crippen molar-refractivity contribution in [2.24, 2.45) is 0 Å². The van der Waals surface area contributed by atoms with Gasteiger partial charge in [0.25, 0.3) is 0 Å². The normalized spacial score (nSPS) is 11.6. The molecule has 0 aliphatic heterocycles. The first kappa shape index (κ1) is 18.2. The van der Waals surface area contributed by atoms with E-state index in [1.807, 2.05) is 55.5 Å². The summed E-state index contributed by atoms with van der Waals surface area (Å²) in [5.41, 5.74) is 2.04. The average Bonchev–Trinajstić information content (AvgIpc) is 2.63. The van der Waals surface area contributed by atoms with Crippen molar-refractivity contribution in [1.82, 2.24) is 0 Å². The number of methoxy groups -OCH3 is 2. The zero-order chi connectivity index (χ0) is 17.4. The summed E-state index contributed by atoms with van der Waals surface area (Å²) >= 11 is 1.55. The third kappa shape index (κ3) is 4.93. The Balaban J connectivity index is 2.11. The molecule has 128 valence electrons. The van der Waals surface area contributed by atoms with Gasteiger partial charge in [-0.25, -0.2) is 0 Å². The fourth-order valence-corrected chi connectivity index (χ4v) is 3.30. The van der Waals surface area contributed by atoms with Gasteiger partial charge >= 0.3 is 5.97 Å². The smallest absolute Gasteiger partial charge is 0.323 e. The van der Waals surface area contributed by atoms with Crippen molar-refractivity contribution in [2.45, 2.75) is 17.9 Å². The lowest BCUT2D eigenvalue weighted by Gasteiger charge is -2.16. The van der Waals surface area contributed by atoms with Crippen LogP contribution in [0.3, 0.4) is 0 Å². The molecule has 0 saturated heterocycles.